The lowest BCUT2D eigenvalue weighted by atomic mass is 10.1. The van der Waals surface area contributed by atoms with Crippen LogP contribution in [0.15, 0.2) is 42.6 Å². The Morgan fingerprint density at radius 1 is 1.19 bits per heavy atom. The molecule has 2 nitrogen and oxygen atoms in total. The van der Waals surface area contributed by atoms with E-state index in [2.05, 4.69) is 0 Å². The second-order valence-electron chi connectivity index (χ2n) is 4.66. The molecule has 0 saturated carbocycles. The Balaban J connectivity index is 2.10. The number of hydrogen-bond acceptors (Lipinski definition) is 1. The second kappa shape index (κ2) is 5.40. The van der Waals surface area contributed by atoms with E-state index in [0.717, 1.165) is 10.9 Å². The van der Waals surface area contributed by atoms with Crippen molar-refractivity contribution in [2.75, 3.05) is 0 Å². The van der Waals surface area contributed by atoms with Gasteiger partial charge in [0.05, 0.1) is 22.6 Å². The summed E-state index contributed by atoms with van der Waals surface area (Å²) in [7, 11) is 0. The summed E-state index contributed by atoms with van der Waals surface area (Å²) in [6.45, 7) is 0.298. The zero-order chi connectivity index (χ0) is 15.0. The van der Waals surface area contributed by atoms with Crippen molar-refractivity contribution < 1.29 is 4.39 Å². The lowest BCUT2D eigenvalue weighted by molar-refractivity contribution is 0.598. The van der Waals surface area contributed by atoms with Crippen molar-refractivity contribution in [2.24, 2.45) is 0 Å². The zero-order valence-electron chi connectivity index (χ0n) is 10.8. The van der Waals surface area contributed by atoms with Crippen LogP contribution in [-0.4, -0.2) is 4.57 Å². The Morgan fingerprint density at radius 2 is 2.00 bits per heavy atom. The Kier molecular flexibility index (Phi) is 3.59. The summed E-state index contributed by atoms with van der Waals surface area (Å²) in [5.74, 6) is -0.494. The van der Waals surface area contributed by atoms with Gasteiger partial charge in [-0.1, -0.05) is 35.3 Å². The fourth-order valence-corrected chi connectivity index (χ4v) is 2.98. The average molecular weight is 319 g/mol. The number of halogens is 3. The quantitative estimate of drug-likeness (QED) is 0.653. The van der Waals surface area contributed by atoms with Gasteiger partial charge in [-0.15, -0.1) is 0 Å². The van der Waals surface area contributed by atoms with Crippen LogP contribution in [0.3, 0.4) is 0 Å². The van der Waals surface area contributed by atoms with Gasteiger partial charge in [-0.05, 0) is 24.3 Å². The van der Waals surface area contributed by atoms with E-state index in [1.165, 1.54) is 6.07 Å². The van der Waals surface area contributed by atoms with Crippen LogP contribution in [0.2, 0.25) is 10.0 Å². The van der Waals surface area contributed by atoms with Crippen LogP contribution in [0.5, 0.6) is 0 Å². The van der Waals surface area contributed by atoms with E-state index >= 15 is 0 Å². The molecular formula is C16H9Cl2FN2. The first-order valence-corrected chi connectivity index (χ1v) is 6.97. The third kappa shape index (κ3) is 2.49. The standard InChI is InChI=1S/C16H9Cl2FN2/c17-13-6-10-4-5-21(16(10)14(18)7-13)9-12-3-1-2-11(8-20)15(12)19/h1-7H,9H2. The molecule has 0 N–H and O–H groups in total. The van der Waals surface area contributed by atoms with Crippen LogP contribution in [0, 0.1) is 17.1 Å². The highest BCUT2D eigenvalue weighted by Crippen LogP contribution is 2.29. The summed E-state index contributed by atoms with van der Waals surface area (Å²) in [5.41, 5.74) is 1.28. The first kappa shape index (κ1) is 13.9. The normalized spacial score (nSPS) is 10.8. The highest BCUT2D eigenvalue weighted by Gasteiger charge is 2.11. The molecule has 5 heteroatoms. The van der Waals surface area contributed by atoms with Gasteiger partial charge in [-0.25, -0.2) is 4.39 Å². The largest absolute Gasteiger partial charge is 0.342 e. The molecule has 1 heterocycles. The minimum absolute atomic E-state index is 0.0399. The molecule has 0 atom stereocenters. The summed E-state index contributed by atoms with van der Waals surface area (Å²) in [6, 6.07) is 12.0. The number of benzene rings is 2. The Hall–Kier alpha value is -2.02. The molecule has 0 bridgehead atoms. The maximum absolute atomic E-state index is 14.1. The summed E-state index contributed by atoms with van der Waals surface area (Å²) in [6.07, 6.45) is 1.82. The van der Waals surface area contributed by atoms with Crippen LogP contribution in [0.1, 0.15) is 11.1 Å². The molecule has 0 aliphatic heterocycles. The Labute approximate surface area is 130 Å². The molecule has 3 aromatic rings. The van der Waals surface area contributed by atoms with Gasteiger partial charge in [0.1, 0.15) is 11.9 Å². The van der Waals surface area contributed by atoms with Crippen LogP contribution in [-0.2, 0) is 6.54 Å². The second-order valence-corrected chi connectivity index (χ2v) is 5.50. The first-order valence-electron chi connectivity index (χ1n) is 6.21. The Bertz CT molecular complexity index is 878. The minimum atomic E-state index is -0.494. The van der Waals surface area contributed by atoms with E-state index in [1.54, 1.807) is 24.3 Å². The molecule has 21 heavy (non-hydrogen) atoms. The highest BCUT2D eigenvalue weighted by molar-refractivity contribution is 6.38. The summed E-state index contributed by atoms with van der Waals surface area (Å²) >= 11 is 12.2. The summed E-state index contributed by atoms with van der Waals surface area (Å²) in [4.78, 5) is 0. The number of hydrogen-bond donors (Lipinski definition) is 0. The van der Waals surface area contributed by atoms with E-state index in [0.29, 0.717) is 22.2 Å². The smallest absolute Gasteiger partial charge is 0.145 e. The third-order valence-corrected chi connectivity index (χ3v) is 3.83. The van der Waals surface area contributed by atoms with Crippen molar-refractivity contribution in [3.63, 3.8) is 0 Å². The lowest BCUT2D eigenvalue weighted by Gasteiger charge is -2.09. The van der Waals surface area contributed by atoms with Gasteiger partial charge in [0.25, 0.3) is 0 Å². The number of nitrogens with zero attached hydrogens (tertiary/aromatic N) is 2. The maximum Gasteiger partial charge on any atom is 0.145 e. The highest BCUT2D eigenvalue weighted by atomic mass is 35.5. The van der Waals surface area contributed by atoms with Crippen molar-refractivity contribution in [3.8, 4) is 6.07 Å². The predicted molar refractivity (Wildman–Crippen MR) is 82.2 cm³/mol. The molecular weight excluding hydrogens is 310 g/mol. The summed E-state index contributed by atoms with van der Waals surface area (Å²) < 4.78 is 16.0. The fraction of sp³-hybridized carbons (Fsp3) is 0.0625. The molecule has 3 rings (SSSR count). The van der Waals surface area contributed by atoms with Crippen LogP contribution >= 0.6 is 23.2 Å². The van der Waals surface area contributed by atoms with Crippen molar-refractivity contribution in [3.05, 3.63) is 69.6 Å². The van der Waals surface area contributed by atoms with Gasteiger partial charge >= 0.3 is 0 Å². The van der Waals surface area contributed by atoms with Gasteiger partial charge in [0.15, 0.2) is 0 Å². The predicted octanol–water partition coefficient (Wildman–Crippen LogP) is 5.01. The van der Waals surface area contributed by atoms with Crippen LogP contribution in [0.25, 0.3) is 10.9 Å². The third-order valence-electron chi connectivity index (χ3n) is 3.32. The molecule has 104 valence electrons. The molecule has 0 saturated heterocycles. The molecule has 0 amide bonds. The van der Waals surface area contributed by atoms with Crippen molar-refractivity contribution in [2.45, 2.75) is 6.54 Å². The van der Waals surface area contributed by atoms with E-state index in [1.807, 2.05) is 22.9 Å². The zero-order valence-corrected chi connectivity index (χ0v) is 12.3. The number of rotatable bonds is 2. The molecule has 0 spiro atoms. The molecule has 0 aliphatic carbocycles. The number of aromatic nitrogens is 1. The maximum atomic E-state index is 14.1. The van der Waals surface area contributed by atoms with Crippen LogP contribution in [0.4, 0.5) is 4.39 Å². The van der Waals surface area contributed by atoms with Crippen molar-refractivity contribution >= 4 is 34.1 Å². The number of fused-ring (bicyclic) bond motifs is 1. The number of nitriles is 1. The van der Waals surface area contributed by atoms with Gasteiger partial charge in [-0.2, -0.15) is 5.26 Å². The monoisotopic (exact) mass is 318 g/mol. The van der Waals surface area contributed by atoms with Crippen molar-refractivity contribution in [1.29, 1.82) is 5.26 Å². The molecule has 0 aliphatic rings. The SMILES string of the molecule is N#Cc1cccc(Cn2ccc3cc(Cl)cc(Cl)c32)c1F. The molecule has 0 fully saturated rings. The van der Waals surface area contributed by atoms with Crippen LogP contribution < -0.4 is 0 Å². The minimum Gasteiger partial charge on any atom is -0.342 e. The Morgan fingerprint density at radius 3 is 2.76 bits per heavy atom. The molecule has 0 radical (unpaired) electrons. The van der Waals surface area contributed by atoms with E-state index < -0.39 is 5.82 Å². The molecule has 1 aromatic heterocycles. The molecule has 0 unspecified atom stereocenters. The van der Waals surface area contributed by atoms with E-state index in [-0.39, 0.29) is 5.56 Å². The molecule has 2 aromatic carbocycles. The van der Waals surface area contributed by atoms with Gasteiger partial charge in [0.2, 0.25) is 0 Å². The lowest BCUT2D eigenvalue weighted by Crippen LogP contribution is -2.02. The fourth-order valence-electron chi connectivity index (χ4n) is 2.36. The van der Waals surface area contributed by atoms with Crippen molar-refractivity contribution in [1.82, 2.24) is 4.57 Å². The van der Waals surface area contributed by atoms with E-state index in [9.17, 15) is 4.39 Å². The first-order chi connectivity index (χ1) is 10.1. The van der Waals surface area contributed by atoms with Gasteiger partial charge < -0.3 is 4.57 Å². The van der Waals surface area contributed by atoms with Gasteiger partial charge in [0, 0.05) is 22.2 Å². The average Bonchev–Trinajstić information content (AvgIpc) is 2.84. The van der Waals surface area contributed by atoms with E-state index in [4.69, 9.17) is 28.5 Å². The van der Waals surface area contributed by atoms with Gasteiger partial charge in [-0.3, -0.25) is 0 Å². The summed E-state index contributed by atoms with van der Waals surface area (Å²) in [5, 5.41) is 10.8. The topological polar surface area (TPSA) is 28.7 Å².